The van der Waals surface area contributed by atoms with Crippen molar-refractivity contribution in [3.8, 4) is 11.6 Å². The van der Waals surface area contributed by atoms with Crippen molar-refractivity contribution in [1.29, 1.82) is 0 Å². The second-order valence-electron chi connectivity index (χ2n) is 7.84. The lowest BCUT2D eigenvalue weighted by Gasteiger charge is -2.32. The Kier molecular flexibility index (Phi) is 4.75. The molecule has 1 saturated heterocycles. The van der Waals surface area contributed by atoms with Gasteiger partial charge in [0.15, 0.2) is 5.84 Å². The number of pyridine rings is 1. The number of piperidine rings is 1. The normalized spacial score (nSPS) is 15.8. The fraction of sp³-hybridized carbons (Fsp3) is 0.250. The molecule has 0 aliphatic carbocycles. The van der Waals surface area contributed by atoms with Crippen molar-refractivity contribution in [2.75, 3.05) is 13.1 Å². The first-order valence-electron chi connectivity index (χ1n) is 10.2. The van der Waals surface area contributed by atoms with E-state index in [9.17, 15) is 5.21 Å². The number of furan rings is 1. The Morgan fingerprint density at radius 3 is 2.63 bits per heavy atom. The molecule has 0 radical (unpaired) electrons. The maximum atomic E-state index is 9.55. The quantitative estimate of drug-likeness (QED) is 0.208. The van der Waals surface area contributed by atoms with Gasteiger partial charge >= 0.3 is 0 Å². The number of rotatable bonds is 3. The molecule has 0 bridgehead atoms. The molecule has 2 aromatic carbocycles. The number of para-hydroxylation sites is 1. The van der Waals surface area contributed by atoms with Crippen LogP contribution in [-0.4, -0.2) is 34.0 Å². The fourth-order valence-corrected chi connectivity index (χ4v) is 3.99. The van der Waals surface area contributed by atoms with Crippen LogP contribution in [0.25, 0.3) is 21.9 Å². The van der Waals surface area contributed by atoms with Crippen LogP contribution >= 0.6 is 0 Å². The van der Waals surface area contributed by atoms with Gasteiger partial charge in [0.05, 0.1) is 0 Å². The first-order valence-corrected chi connectivity index (χ1v) is 10.2. The number of amidine groups is 1. The zero-order chi connectivity index (χ0) is 20.5. The van der Waals surface area contributed by atoms with Crippen LogP contribution in [-0.2, 0) is 0 Å². The molecule has 30 heavy (non-hydrogen) atoms. The molecule has 5 rings (SSSR count). The second-order valence-corrected chi connectivity index (χ2v) is 7.84. The molecule has 1 aliphatic heterocycles. The Bertz CT molecular complexity index is 1210. The fourth-order valence-electron chi connectivity index (χ4n) is 3.99. The van der Waals surface area contributed by atoms with E-state index in [0.29, 0.717) is 23.4 Å². The van der Waals surface area contributed by atoms with Gasteiger partial charge in [-0.15, -0.1) is 0 Å². The highest BCUT2D eigenvalue weighted by molar-refractivity contribution is 6.05. The molecule has 0 saturated carbocycles. The Labute approximate surface area is 174 Å². The maximum absolute atomic E-state index is 9.55. The highest BCUT2D eigenvalue weighted by atomic mass is 16.5. The number of oxime groups is 1. The molecule has 6 nitrogen and oxygen atoms in total. The minimum atomic E-state index is 0.482. The summed E-state index contributed by atoms with van der Waals surface area (Å²) in [6.45, 7) is 4.03. The zero-order valence-electron chi connectivity index (χ0n) is 16.8. The van der Waals surface area contributed by atoms with Gasteiger partial charge < -0.3 is 19.3 Å². The highest BCUT2D eigenvalue weighted by Crippen LogP contribution is 2.32. The van der Waals surface area contributed by atoms with Gasteiger partial charge in [0.1, 0.15) is 16.9 Å². The molecule has 0 amide bonds. The first kappa shape index (κ1) is 18.5. The van der Waals surface area contributed by atoms with Gasteiger partial charge in [-0.05, 0) is 49.1 Å². The number of fused-ring (bicyclic) bond motifs is 3. The van der Waals surface area contributed by atoms with Crippen LogP contribution in [0.1, 0.15) is 25.3 Å². The Morgan fingerprint density at radius 2 is 1.87 bits per heavy atom. The molecule has 0 unspecified atom stereocenters. The molecular formula is C24H23N3O3. The van der Waals surface area contributed by atoms with E-state index in [1.165, 1.54) is 0 Å². The van der Waals surface area contributed by atoms with Crippen LogP contribution in [0.15, 0.2) is 70.4 Å². The lowest BCUT2D eigenvalue weighted by Crippen LogP contribution is -2.38. The van der Waals surface area contributed by atoms with Crippen molar-refractivity contribution in [2.24, 2.45) is 11.1 Å². The van der Waals surface area contributed by atoms with Gasteiger partial charge in [0.25, 0.3) is 0 Å². The van der Waals surface area contributed by atoms with Crippen molar-refractivity contribution in [3.05, 3.63) is 66.4 Å². The summed E-state index contributed by atoms with van der Waals surface area (Å²) in [6.07, 6.45) is 3.88. The number of hydrogen-bond acceptors (Lipinski definition) is 5. The SMILES string of the molecule is CC1CCN(/C(=N\O)c2ccc(Oc3ccc4oc5ccccc5c4c3)nc2)CC1. The van der Waals surface area contributed by atoms with Crippen LogP contribution in [0.3, 0.4) is 0 Å². The molecule has 1 fully saturated rings. The molecule has 4 aromatic rings. The Morgan fingerprint density at radius 1 is 1.07 bits per heavy atom. The number of ether oxygens (including phenoxy) is 1. The molecule has 6 heteroatoms. The summed E-state index contributed by atoms with van der Waals surface area (Å²) in [7, 11) is 0. The van der Waals surface area contributed by atoms with Crippen LogP contribution in [0.2, 0.25) is 0 Å². The third-order valence-corrected chi connectivity index (χ3v) is 5.74. The maximum Gasteiger partial charge on any atom is 0.219 e. The van der Waals surface area contributed by atoms with E-state index >= 15 is 0 Å². The Balaban J connectivity index is 1.36. The average Bonchev–Trinajstić information content (AvgIpc) is 3.15. The second kappa shape index (κ2) is 7.71. The summed E-state index contributed by atoms with van der Waals surface area (Å²) in [4.78, 5) is 6.53. The zero-order valence-corrected chi connectivity index (χ0v) is 16.8. The smallest absolute Gasteiger partial charge is 0.219 e. The molecular weight excluding hydrogens is 378 g/mol. The van der Waals surface area contributed by atoms with Crippen molar-refractivity contribution in [3.63, 3.8) is 0 Å². The molecule has 0 spiro atoms. The third-order valence-electron chi connectivity index (χ3n) is 5.74. The number of nitrogens with zero attached hydrogens (tertiary/aromatic N) is 3. The third kappa shape index (κ3) is 3.45. The van der Waals surface area contributed by atoms with E-state index in [1.54, 1.807) is 12.3 Å². The van der Waals surface area contributed by atoms with E-state index < -0.39 is 0 Å². The van der Waals surface area contributed by atoms with Gasteiger partial charge in [-0.3, -0.25) is 0 Å². The summed E-state index contributed by atoms with van der Waals surface area (Å²) >= 11 is 0. The standard InChI is InChI=1S/C24H23N3O3/c1-16-10-12-27(13-11-16)24(26-28)17-6-9-23(25-15-17)29-18-7-8-22-20(14-18)19-4-2-3-5-21(19)30-22/h2-9,14-16,28H,10-13H2,1H3/b26-24-. The van der Waals surface area contributed by atoms with Gasteiger partial charge in [0, 0.05) is 41.7 Å². The summed E-state index contributed by atoms with van der Waals surface area (Å²) in [5.74, 6) is 2.44. The number of aromatic nitrogens is 1. The number of benzene rings is 2. The minimum absolute atomic E-state index is 0.482. The van der Waals surface area contributed by atoms with E-state index in [2.05, 4.69) is 22.0 Å². The number of likely N-dealkylation sites (tertiary alicyclic amines) is 1. The molecule has 0 atom stereocenters. The summed E-state index contributed by atoms with van der Waals surface area (Å²) in [5.41, 5.74) is 2.46. The monoisotopic (exact) mass is 401 g/mol. The molecule has 1 N–H and O–H groups in total. The van der Waals surface area contributed by atoms with Crippen LogP contribution < -0.4 is 4.74 Å². The molecule has 1 aliphatic rings. The van der Waals surface area contributed by atoms with Gasteiger partial charge in [-0.2, -0.15) is 0 Å². The predicted molar refractivity (Wildman–Crippen MR) is 116 cm³/mol. The van der Waals surface area contributed by atoms with Gasteiger partial charge in [-0.25, -0.2) is 4.98 Å². The largest absolute Gasteiger partial charge is 0.456 e. The van der Waals surface area contributed by atoms with Crippen LogP contribution in [0.5, 0.6) is 11.6 Å². The van der Waals surface area contributed by atoms with Gasteiger partial charge in [0.2, 0.25) is 5.88 Å². The van der Waals surface area contributed by atoms with Crippen molar-refractivity contribution < 1.29 is 14.4 Å². The molecule has 152 valence electrons. The van der Waals surface area contributed by atoms with Crippen LogP contribution in [0.4, 0.5) is 0 Å². The lowest BCUT2D eigenvalue weighted by molar-refractivity contribution is 0.258. The van der Waals surface area contributed by atoms with E-state index in [1.807, 2.05) is 48.5 Å². The van der Waals surface area contributed by atoms with Crippen LogP contribution in [0, 0.1) is 5.92 Å². The van der Waals surface area contributed by atoms with Crippen molar-refractivity contribution >= 4 is 27.8 Å². The number of hydrogen-bond donors (Lipinski definition) is 1. The van der Waals surface area contributed by atoms with Gasteiger partial charge in [-0.1, -0.05) is 30.3 Å². The average molecular weight is 401 g/mol. The topological polar surface area (TPSA) is 71.1 Å². The van der Waals surface area contributed by atoms with Crippen molar-refractivity contribution in [1.82, 2.24) is 9.88 Å². The summed E-state index contributed by atoms with van der Waals surface area (Å²) in [6, 6.07) is 17.4. The minimum Gasteiger partial charge on any atom is -0.456 e. The predicted octanol–water partition coefficient (Wildman–Crippen LogP) is 5.64. The Hall–Kier alpha value is -3.54. The first-order chi connectivity index (χ1) is 14.7. The lowest BCUT2D eigenvalue weighted by atomic mass is 9.98. The molecule has 2 aromatic heterocycles. The highest BCUT2D eigenvalue weighted by Gasteiger charge is 2.21. The summed E-state index contributed by atoms with van der Waals surface area (Å²) in [5, 5.41) is 15.1. The van der Waals surface area contributed by atoms with Crippen molar-refractivity contribution in [2.45, 2.75) is 19.8 Å². The van der Waals surface area contributed by atoms with E-state index in [-0.39, 0.29) is 0 Å². The molecule has 3 heterocycles. The van der Waals surface area contributed by atoms with E-state index in [0.717, 1.165) is 53.4 Å². The summed E-state index contributed by atoms with van der Waals surface area (Å²) < 4.78 is 11.8. The van der Waals surface area contributed by atoms with E-state index in [4.69, 9.17) is 9.15 Å².